The second-order valence-corrected chi connectivity index (χ2v) is 28.5. The molecular weight excluding hydrogens is 1360 g/mol. The van der Waals surface area contributed by atoms with Gasteiger partial charge in [0.05, 0.1) is 44.5 Å². The maximum Gasteiger partial charge on any atom is 0.0974 e. The maximum absolute atomic E-state index is 4.90. The lowest BCUT2D eigenvalue weighted by atomic mass is 9.95. The zero-order chi connectivity index (χ0) is 74.9. The van der Waals surface area contributed by atoms with Crippen LogP contribution in [0.3, 0.4) is 0 Å². The molecule has 0 atom stereocenters. The van der Waals surface area contributed by atoms with Gasteiger partial charge in [0.2, 0.25) is 0 Å². The molecule has 6 heteroatoms. The van der Waals surface area contributed by atoms with Crippen molar-refractivity contribution in [2.24, 2.45) is 0 Å². The Morgan fingerprint density at radius 3 is 0.812 bits per heavy atom. The van der Waals surface area contributed by atoms with Crippen LogP contribution < -0.4 is 9.80 Å². The SMILES string of the molecule is Cc1cc(-c2ccccc2)c2ccc3c(-c4ccccc4)cc(C)nc3c2n1.c1ccc(N(c2ccc(-c3ccc(N(c4ccccc4)c4cccc5ccccc45)cc3)cc2)c2cccc3ccccc23)cc1.c1ccc2c(c1)c1ccccc1n2-c1ccc(-c2ccc(-n3c4ccccc4c4ccccc43)cc2)cc1. The number of aryl methyl sites for hydroxylation is 2. The molecule has 4 aromatic heterocycles. The summed E-state index contributed by atoms with van der Waals surface area (Å²) >= 11 is 0. The lowest BCUT2D eigenvalue weighted by Crippen LogP contribution is -2.10. The number of pyridine rings is 2. The highest BCUT2D eigenvalue weighted by Crippen LogP contribution is 2.44. The number of hydrogen-bond acceptors (Lipinski definition) is 4. The van der Waals surface area contributed by atoms with Crippen LogP contribution in [0.15, 0.2) is 425 Å². The summed E-state index contributed by atoms with van der Waals surface area (Å²) in [5, 5.41) is 12.3. The molecule has 17 aromatic carbocycles. The molecule has 21 aromatic rings. The van der Waals surface area contributed by atoms with E-state index in [9.17, 15) is 0 Å². The Morgan fingerprint density at radius 1 is 0.205 bits per heavy atom. The molecule has 0 amide bonds. The second kappa shape index (κ2) is 29.8. The van der Waals surface area contributed by atoms with Gasteiger partial charge < -0.3 is 18.9 Å². The summed E-state index contributed by atoms with van der Waals surface area (Å²) in [7, 11) is 0. The van der Waals surface area contributed by atoms with E-state index < -0.39 is 0 Å². The van der Waals surface area contributed by atoms with E-state index in [1.165, 1.54) is 121 Å². The molecule has 0 bridgehead atoms. The zero-order valence-electron chi connectivity index (χ0n) is 62.1. The largest absolute Gasteiger partial charge is 0.310 e. The van der Waals surface area contributed by atoms with E-state index in [1.54, 1.807) is 0 Å². The van der Waals surface area contributed by atoms with E-state index in [4.69, 9.17) is 9.97 Å². The van der Waals surface area contributed by atoms with Gasteiger partial charge in [0.15, 0.2) is 0 Å². The van der Waals surface area contributed by atoms with E-state index in [-0.39, 0.29) is 0 Å². The molecule has 0 aliphatic heterocycles. The van der Waals surface area contributed by atoms with Gasteiger partial charge in [-0.25, -0.2) is 0 Å². The summed E-state index contributed by atoms with van der Waals surface area (Å²) < 4.78 is 4.72. The summed E-state index contributed by atoms with van der Waals surface area (Å²) in [5.41, 5.74) is 27.6. The molecule has 0 saturated heterocycles. The van der Waals surface area contributed by atoms with E-state index in [0.29, 0.717) is 0 Å². The van der Waals surface area contributed by atoms with E-state index in [0.717, 1.165) is 67.3 Å². The van der Waals surface area contributed by atoms with Crippen molar-refractivity contribution in [2.45, 2.75) is 13.8 Å². The van der Waals surface area contributed by atoms with Crippen LogP contribution in [0, 0.1) is 13.8 Å². The summed E-state index contributed by atoms with van der Waals surface area (Å²) in [5.74, 6) is 0. The molecular formula is C106H76N6. The van der Waals surface area contributed by atoms with Gasteiger partial charge in [0.25, 0.3) is 0 Å². The number of hydrogen-bond donors (Lipinski definition) is 0. The van der Waals surface area contributed by atoms with Crippen LogP contribution in [0.25, 0.3) is 143 Å². The minimum Gasteiger partial charge on any atom is -0.310 e. The normalized spacial score (nSPS) is 11.3. The summed E-state index contributed by atoms with van der Waals surface area (Å²) in [6, 6.07) is 151. The van der Waals surface area contributed by atoms with Gasteiger partial charge in [-0.3, -0.25) is 9.97 Å². The minimum absolute atomic E-state index is 0.970. The molecule has 6 nitrogen and oxygen atoms in total. The second-order valence-electron chi connectivity index (χ2n) is 28.5. The van der Waals surface area contributed by atoms with Crippen molar-refractivity contribution in [1.29, 1.82) is 0 Å². The first-order chi connectivity index (χ1) is 55.4. The van der Waals surface area contributed by atoms with Crippen LogP contribution in [0.1, 0.15) is 11.4 Å². The van der Waals surface area contributed by atoms with Crippen molar-refractivity contribution < 1.29 is 0 Å². The van der Waals surface area contributed by atoms with Crippen molar-refractivity contribution >= 4 is 121 Å². The molecule has 0 saturated carbocycles. The van der Waals surface area contributed by atoms with Crippen molar-refractivity contribution in [3.8, 4) is 55.9 Å². The predicted molar refractivity (Wildman–Crippen MR) is 474 cm³/mol. The van der Waals surface area contributed by atoms with Gasteiger partial charge in [-0.15, -0.1) is 0 Å². The molecule has 0 radical (unpaired) electrons. The molecule has 0 N–H and O–H groups in total. The summed E-state index contributed by atoms with van der Waals surface area (Å²) in [6.45, 7) is 4.11. The Hall–Kier alpha value is -14.7. The Bertz CT molecular complexity index is 6440. The topological polar surface area (TPSA) is 42.1 Å². The van der Waals surface area contributed by atoms with Gasteiger partial charge in [-0.1, -0.05) is 303 Å². The first kappa shape index (κ1) is 67.9. The number of fused-ring (bicyclic) bond motifs is 11. The average Bonchev–Trinajstić information content (AvgIpc) is 1.39. The van der Waals surface area contributed by atoms with Crippen LogP contribution in [0.4, 0.5) is 34.1 Å². The van der Waals surface area contributed by atoms with Crippen molar-refractivity contribution in [2.75, 3.05) is 9.80 Å². The minimum atomic E-state index is 0.970. The van der Waals surface area contributed by atoms with Crippen LogP contribution in [0.2, 0.25) is 0 Å². The standard InChI is InChI=1S/C44H32N2.C36H24N2.C26H20N2/c1-3-17-37(18-4-1)45(43-23-11-15-35-13-7-9-21-41(35)43)39-29-25-33(26-30-39)34-27-31-40(32-28-34)46(38-19-5-2-6-20-38)44-24-12-16-36-14-8-10-22-42(36)44;1-5-13-33-29(9-1)30-10-2-6-14-34(30)37(33)27-21-17-25(18-22-27)26-19-23-28(24-20-26)38-35-15-7-3-11-31(35)32-12-4-8-16-36(32)38;1-17-15-23(19-9-5-3-6-10-19)21-13-14-22-24(20-11-7-4-8-12-20)16-18(2)28-26(22)25(21)27-17/h1-32H;1-24H;3-16H,1-2H3. The van der Waals surface area contributed by atoms with Crippen molar-refractivity contribution in [3.63, 3.8) is 0 Å². The van der Waals surface area contributed by atoms with E-state index in [1.807, 2.05) is 12.1 Å². The lowest BCUT2D eigenvalue weighted by molar-refractivity contribution is 1.18. The monoisotopic (exact) mass is 1430 g/mol. The third-order valence-corrected chi connectivity index (χ3v) is 21.6. The Morgan fingerprint density at radius 2 is 0.473 bits per heavy atom. The first-order valence-corrected chi connectivity index (χ1v) is 38.3. The molecule has 0 unspecified atom stereocenters. The third-order valence-electron chi connectivity index (χ3n) is 21.6. The predicted octanol–water partition coefficient (Wildman–Crippen LogP) is 28.9. The molecule has 0 aliphatic rings. The van der Waals surface area contributed by atoms with E-state index >= 15 is 0 Å². The fraction of sp³-hybridized carbons (Fsp3) is 0.0189. The molecule has 0 spiro atoms. The van der Waals surface area contributed by atoms with Gasteiger partial charge in [0, 0.05) is 88.6 Å². The molecule has 112 heavy (non-hydrogen) atoms. The van der Waals surface area contributed by atoms with Gasteiger partial charge in [-0.2, -0.15) is 0 Å². The van der Waals surface area contributed by atoms with Crippen LogP contribution >= 0.6 is 0 Å². The Labute approximate surface area is 651 Å². The zero-order valence-corrected chi connectivity index (χ0v) is 62.1. The fourth-order valence-corrected chi connectivity index (χ4v) is 16.4. The highest BCUT2D eigenvalue weighted by molar-refractivity contribution is 6.13. The molecule has 21 rings (SSSR count). The summed E-state index contributed by atoms with van der Waals surface area (Å²) in [4.78, 5) is 14.5. The Balaban J connectivity index is 0.000000116. The van der Waals surface area contributed by atoms with Crippen LogP contribution in [-0.2, 0) is 0 Å². The van der Waals surface area contributed by atoms with Crippen molar-refractivity contribution in [1.82, 2.24) is 19.1 Å². The number of nitrogens with zero attached hydrogens (tertiary/aromatic N) is 6. The highest BCUT2D eigenvalue weighted by Gasteiger charge is 2.21. The van der Waals surface area contributed by atoms with E-state index in [2.05, 4.69) is 445 Å². The smallest absolute Gasteiger partial charge is 0.0974 e. The molecule has 530 valence electrons. The average molecular weight is 1430 g/mol. The number of rotatable bonds is 12. The van der Waals surface area contributed by atoms with Gasteiger partial charge >= 0.3 is 0 Å². The molecule has 4 heterocycles. The number of benzene rings is 17. The van der Waals surface area contributed by atoms with Gasteiger partial charge in [-0.05, 0) is 190 Å². The number of para-hydroxylation sites is 6. The third kappa shape index (κ3) is 12.9. The quantitative estimate of drug-likeness (QED) is 0.114. The number of anilines is 6. The maximum atomic E-state index is 4.90. The van der Waals surface area contributed by atoms with Crippen molar-refractivity contribution in [3.05, 3.63) is 436 Å². The lowest BCUT2D eigenvalue weighted by Gasteiger charge is -2.27. The fourth-order valence-electron chi connectivity index (χ4n) is 16.4. The Kier molecular flexibility index (Phi) is 18.1. The summed E-state index contributed by atoms with van der Waals surface area (Å²) in [6.07, 6.45) is 0. The number of aromatic nitrogens is 4. The van der Waals surface area contributed by atoms with Crippen LogP contribution in [-0.4, -0.2) is 19.1 Å². The van der Waals surface area contributed by atoms with Crippen LogP contribution in [0.5, 0.6) is 0 Å². The highest BCUT2D eigenvalue weighted by atomic mass is 15.1. The molecule has 0 fully saturated rings. The molecule has 0 aliphatic carbocycles. The first-order valence-electron chi connectivity index (χ1n) is 38.3. The van der Waals surface area contributed by atoms with Gasteiger partial charge in [0.1, 0.15) is 0 Å².